The first-order chi connectivity index (χ1) is 10.3. The number of halogens is 1. The van der Waals surface area contributed by atoms with Crippen LogP contribution in [-0.2, 0) is 10.9 Å². The van der Waals surface area contributed by atoms with Crippen molar-refractivity contribution >= 4 is 28.3 Å². The third-order valence-electron chi connectivity index (χ3n) is 2.42. The van der Waals surface area contributed by atoms with E-state index in [1.807, 2.05) is 19.4 Å². The molecule has 1 rings (SSSR count). The van der Waals surface area contributed by atoms with Crippen molar-refractivity contribution in [3.8, 4) is 0 Å². The fourth-order valence-corrected chi connectivity index (χ4v) is 1.63. The molecule has 0 spiro atoms. The zero-order valence-electron chi connectivity index (χ0n) is 12.3. The molecule has 0 N–H and O–H groups in total. The van der Waals surface area contributed by atoms with E-state index in [1.165, 1.54) is 12.1 Å². The molecule has 0 amide bonds. The van der Waals surface area contributed by atoms with E-state index >= 15 is 0 Å². The Morgan fingerprint density at radius 3 is 1.91 bits per heavy atom. The van der Waals surface area contributed by atoms with Crippen LogP contribution in [0.2, 0.25) is 0 Å². The quantitative estimate of drug-likeness (QED) is 0.332. The summed E-state index contributed by atoms with van der Waals surface area (Å²) in [7, 11) is -4.94. The van der Waals surface area contributed by atoms with Gasteiger partial charge in [0.1, 0.15) is 17.4 Å². The van der Waals surface area contributed by atoms with Gasteiger partial charge in [-0.3, -0.25) is 20.2 Å². The maximum absolute atomic E-state index is 10.9. The summed E-state index contributed by atoms with van der Waals surface area (Å²) in [5.41, 5.74) is -0.123. The van der Waals surface area contributed by atoms with Crippen molar-refractivity contribution in [1.29, 1.82) is 0 Å². The first-order valence-corrected chi connectivity index (χ1v) is 8.91. The van der Waals surface area contributed by atoms with E-state index < -0.39 is 20.1 Å². The second-order valence-electron chi connectivity index (χ2n) is 4.21. The van der Waals surface area contributed by atoms with Gasteiger partial charge in [-0.15, -0.1) is 10.2 Å². The molecule has 0 aromatic heterocycles. The topological polar surface area (TPSA) is 179 Å². The van der Waals surface area contributed by atoms with E-state index in [-0.39, 0.29) is 22.3 Å². The van der Waals surface area contributed by atoms with E-state index in [1.54, 1.807) is 6.08 Å². The molecule has 0 aliphatic heterocycles. The van der Waals surface area contributed by atoms with Gasteiger partial charge in [-0.1, -0.05) is 0 Å². The molecule has 0 radical (unpaired) electrons. The number of nitrogens with zero attached hydrogens (tertiary/aromatic N) is 2. The Balaban J connectivity index is 0.000000841. The van der Waals surface area contributed by atoms with Gasteiger partial charge < -0.3 is 0 Å². The summed E-state index contributed by atoms with van der Waals surface area (Å²) in [5, 5.41) is 21.5. The molecule has 12 heteroatoms. The molecule has 0 fully saturated rings. The fraction of sp³-hybridized carbons (Fsp3) is 0.273. The molecule has 1 aromatic carbocycles. The van der Waals surface area contributed by atoms with Crippen LogP contribution in [-0.4, -0.2) is 22.4 Å². The monoisotopic (exact) mass is 368 g/mol. The summed E-state index contributed by atoms with van der Waals surface area (Å²) in [6.07, 6.45) is 5.71. The van der Waals surface area contributed by atoms with E-state index in [0.29, 0.717) is 5.56 Å². The molecule has 0 saturated carbocycles. The highest BCUT2D eigenvalue weighted by Gasteiger charge is 2.19. The van der Waals surface area contributed by atoms with E-state index in [2.05, 4.69) is 0 Å². The summed E-state index contributed by atoms with van der Waals surface area (Å²) < 4.78 is 34.0. The molecule has 0 heterocycles. The van der Waals surface area contributed by atoms with Gasteiger partial charge in [0.2, 0.25) is 0 Å². The molecule has 0 saturated heterocycles. The van der Waals surface area contributed by atoms with Crippen molar-refractivity contribution in [1.82, 2.24) is 0 Å². The first kappa shape index (κ1) is 21.2. The van der Waals surface area contributed by atoms with Gasteiger partial charge in [-0.05, 0) is 6.07 Å². The van der Waals surface area contributed by atoms with Gasteiger partial charge in [0.15, 0.2) is 0 Å². The van der Waals surface area contributed by atoms with Crippen LogP contribution in [0.25, 0.3) is 6.08 Å². The molecule has 128 valence electrons. The van der Waals surface area contributed by atoms with Crippen molar-refractivity contribution in [2.24, 2.45) is 0 Å². The van der Waals surface area contributed by atoms with Gasteiger partial charge in [0, 0.05) is 30.0 Å². The maximum Gasteiger partial charge on any atom is 0.283 e. The predicted octanol–water partition coefficient (Wildman–Crippen LogP) is -2.01. The van der Waals surface area contributed by atoms with E-state index in [4.69, 9.17) is 18.6 Å². The first-order valence-electron chi connectivity index (χ1n) is 5.63. The number of benzene rings is 1. The average Bonchev–Trinajstić information content (AvgIpc) is 2.36. The molecule has 0 atom stereocenters. The average molecular weight is 369 g/mol. The lowest BCUT2D eigenvalue weighted by Gasteiger charge is -2.17. The number of allylic oxidation sites excluding steroid dienone is 1. The highest BCUT2D eigenvalue weighted by Crippen LogP contribution is 2.27. The normalized spacial score (nSPS) is 11.7. The zero-order chi connectivity index (χ0) is 18.4. The minimum atomic E-state index is -4.94. The van der Waals surface area contributed by atoms with Crippen molar-refractivity contribution < 1.29 is 38.7 Å². The molecule has 0 aliphatic carbocycles. The fourth-order valence-electron chi connectivity index (χ4n) is 1.26. The van der Waals surface area contributed by atoms with Crippen LogP contribution < -0.4 is 18.6 Å². The van der Waals surface area contributed by atoms with Crippen LogP contribution in [0.15, 0.2) is 23.1 Å². The minimum Gasteiger partial charge on any atom is -0.258 e. The Hall–Kier alpha value is -1.76. The minimum absolute atomic E-state index is 0.00819. The smallest absolute Gasteiger partial charge is 0.258 e. The second kappa shape index (κ2) is 8.76. The van der Waals surface area contributed by atoms with Crippen LogP contribution >= 0.6 is 0 Å². The maximum atomic E-state index is 10.9. The molecule has 0 aliphatic rings. The van der Waals surface area contributed by atoms with Crippen molar-refractivity contribution in [3.63, 3.8) is 0 Å². The number of rotatable bonds is 4. The van der Waals surface area contributed by atoms with Crippen LogP contribution in [0.3, 0.4) is 0 Å². The summed E-state index contributed by atoms with van der Waals surface area (Å²) in [6.45, 7) is 1.88. The summed E-state index contributed by atoms with van der Waals surface area (Å²) in [6, 6.07) is 3.67. The number of nitro benzene ring substituents is 2. The molecule has 10 nitrogen and oxygen atoms in total. The van der Waals surface area contributed by atoms with Gasteiger partial charge in [0.05, 0.1) is 21.5 Å². The highest BCUT2D eigenvalue weighted by molar-refractivity contribution is 7.99. The standard InChI is InChI=1S/C11H13N2O4S.ClHO4/c1-8(18(2)3)6-9-4-5-10(12(14)15)7-11(9)13(16)17;2-1(3,4)5/h4-7H,1-3H3;(H,2,3,4,5)/q+1;/p-1/b8-6+;. The van der Waals surface area contributed by atoms with Crippen LogP contribution in [0.4, 0.5) is 11.4 Å². The third kappa shape index (κ3) is 9.07. The molecule has 0 unspecified atom stereocenters. The Bertz CT molecular complexity index is 609. The largest absolute Gasteiger partial charge is 0.283 e. The van der Waals surface area contributed by atoms with Gasteiger partial charge in [0.25, 0.3) is 11.4 Å². The number of hydrogen-bond acceptors (Lipinski definition) is 8. The number of nitro groups is 2. The lowest BCUT2D eigenvalue weighted by molar-refractivity contribution is -2.00. The Morgan fingerprint density at radius 2 is 1.57 bits per heavy atom. The summed E-state index contributed by atoms with van der Waals surface area (Å²) >= 11 is 0. The van der Waals surface area contributed by atoms with Crippen molar-refractivity contribution in [2.75, 3.05) is 12.5 Å². The van der Waals surface area contributed by atoms with E-state index in [0.717, 1.165) is 11.0 Å². The summed E-state index contributed by atoms with van der Waals surface area (Å²) in [4.78, 5) is 21.3. The van der Waals surface area contributed by atoms with Crippen molar-refractivity contribution in [3.05, 3.63) is 48.9 Å². The summed E-state index contributed by atoms with van der Waals surface area (Å²) in [5.74, 6) is 0. The van der Waals surface area contributed by atoms with Crippen LogP contribution in [0.1, 0.15) is 12.5 Å². The number of hydrogen-bond donors (Lipinski definition) is 0. The Morgan fingerprint density at radius 1 is 1.09 bits per heavy atom. The SMILES string of the molecule is C/C(=C\c1ccc([N+](=O)[O-])cc1[N+](=O)[O-])[S+](C)C.[O-][Cl+3]([O-])([O-])[O-]. The molecule has 1 aromatic rings. The lowest BCUT2D eigenvalue weighted by Crippen LogP contribution is -2.68. The van der Waals surface area contributed by atoms with Gasteiger partial charge >= 0.3 is 0 Å². The van der Waals surface area contributed by atoms with E-state index in [9.17, 15) is 20.2 Å². The predicted molar refractivity (Wildman–Crippen MR) is 72.6 cm³/mol. The molecular formula is C11H13ClN2O8S. The van der Waals surface area contributed by atoms with Gasteiger partial charge in [-0.25, -0.2) is 18.6 Å². The molecule has 23 heavy (non-hydrogen) atoms. The van der Waals surface area contributed by atoms with Crippen LogP contribution in [0.5, 0.6) is 0 Å². The molecular weight excluding hydrogens is 356 g/mol. The highest BCUT2D eigenvalue weighted by atomic mass is 35.7. The van der Waals surface area contributed by atoms with Crippen molar-refractivity contribution in [2.45, 2.75) is 6.92 Å². The second-order valence-corrected chi connectivity index (χ2v) is 7.24. The van der Waals surface area contributed by atoms with Gasteiger partial charge in [-0.2, -0.15) is 0 Å². The Labute approximate surface area is 136 Å². The number of non-ortho nitro benzene ring substituents is 1. The zero-order valence-corrected chi connectivity index (χ0v) is 13.8. The lowest BCUT2D eigenvalue weighted by atomic mass is 10.1. The van der Waals surface area contributed by atoms with Crippen LogP contribution in [0, 0.1) is 30.5 Å². The molecule has 0 bridgehead atoms. The Kier molecular flexibility index (Phi) is 8.09. The third-order valence-corrected chi connectivity index (χ3v) is 3.83.